The average molecular weight is 279 g/mol. The van der Waals surface area contributed by atoms with Crippen LogP contribution in [0.1, 0.15) is 42.2 Å². The highest BCUT2D eigenvalue weighted by Gasteiger charge is 2.26. The number of carbonyl (C=O) groups is 1. The third kappa shape index (κ3) is 3.86. The van der Waals surface area contributed by atoms with Gasteiger partial charge in [-0.25, -0.2) is 4.98 Å². The minimum atomic E-state index is -0.0376. The number of hydrogen-bond donors (Lipinski definition) is 2. The van der Waals surface area contributed by atoms with Gasteiger partial charge in [-0.2, -0.15) is 11.8 Å². The largest absolute Gasteiger partial charge is 0.384 e. The number of anilines is 1. The number of nitrogens with two attached hydrogens (primary N) is 1. The zero-order valence-electron chi connectivity index (χ0n) is 11.5. The second-order valence-corrected chi connectivity index (χ2v) is 6.56. The van der Waals surface area contributed by atoms with E-state index in [9.17, 15) is 4.79 Å². The van der Waals surface area contributed by atoms with Crippen LogP contribution in [0.2, 0.25) is 0 Å². The van der Waals surface area contributed by atoms with Crippen molar-refractivity contribution in [3.05, 3.63) is 23.4 Å². The molecule has 0 saturated heterocycles. The quantitative estimate of drug-likeness (QED) is 0.888. The van der Waals surface area contributed by atoms with Crippen LogP contribution < -0.4 is 11.1 Å². The summed E-state index contributed by atoms with van der Waals surface area (Å²) in [7, 11) is 0. The normalized spacial score (nSPS) is 22.4. The number of pyridine rings is 1. The zero-order chi connectivity index (χ0) is 13.8. The molecule has 1 aromatic heterocycles. The maximum atomic E-state index is 12.2. The van der Waals surface area contributed by atoms with Crippen molar-refractivity contribution >= 4 is 23.5 Å². The fourth-order valence-electron chi connectivity index (χ4n) is 2.55. The predicted molar refractivity (Wildman–Crippen MR) is 80.4 cm³/mol. The molecule has 0 aromatic carbocycles. The molecule has 0 aliphatic heterocycles. The molecule has 2 atom stereocenters. The number of hydrogen-bond acceptors (Lipinski definition) is 4. The van der Waals surface area contributed by atoms with Gasteiger partial charge in [0.15, 0.2) is 0 Å². The number of rotatable bonds is 4. The number of nitrogen functional groups attached to an aromatic ring is 1. The first-order valence-corrected chi connectivity index (χ1v) is 7.80. The van der Waals surface area contributed by atoms with Gasteiger partial charge in [0, 0.05) is 22.5 Å². The molecule has 0 bridgehead atoms. The molecule has 1 aliphatic carbocycles. The summed E-state index contributed by atoms with van der Waals surface area (Å²) in [5.41, 5.74) is 7.05. The second kappa shape index (κ2) is 6.28. The van der Waals surface area contributed by atoms with Crippen molar-refractivity contribution in [2.24, 2.45) is 0 Å². The van der Waals surface area contributed by atoms with Gasteiger partial charge in [0.1, 0.15) is 5.82 Å². The smallest absolute Gasteiger partial charge is 0.251 e. The fraction of sp³-hybridized carbons (Fsp3) is 0.571. The molecule has 104 valence electrons. The minimum Gasteiger partial charge on any atom is -0.384 e. The van der Waals surface area contributed by atoms with E-state index >= 15 is 0 Å². The van der Waals surface area contributed by atoms with Gasteiger partial charge in [-0.3, -0.25) is 4.79 Å². The SMILES string of the molecule is CCSC1CCC(NC(=O)c2cc(C)nc(N)c2)C1. The van der Waals surface area contributed by atoms with Crippen molar-refractivity contribution in [3.63, 3.8) is 0 Å². The van der Waals surface area contributed by atoms with E-state index in [2.05, 4.69) is 17.2 Å². The van der Waals surface area contributed by atoms with Gasteiger partial charge in [0.25, 0.3) is 5.91 Å². The number of amides is 1. The van der Waals surface area contributed by atoms with Crippen LogP contribution in [0.15, 0.2) is 12.1 Å². The van der Waals surface area contributed by atoms with Gasteiger partial charge < -0.3 is 11.1 Å². The molecule has 1 aromatic rings. The highest BCUT2D eigenvalue weighted by atomic mass is 32.2. The van der Waals surface area contributed by atoms with E-state index in [-0.39, 0.29) is 5.91 Å². The summed E-state index contributed by atoms with van der Waals surface area (Å²) < 4.78 is 0. The number of thioether (sulfide) groups is 1. The lowest BCUT2D eigenvalue weighted by atomic mass is 10.2. The van der Waals surface area contributed by atoms with Gasteiger partial charge in [-0.15, -0.1) is 0 Å². The van der Waals surface area contributed by atoms with Crippen molar-refractivity contribution < 1.29 is 4.79 Å². The Morgan fingerprint density at radius 2 is 2.32 bits per heavy atom. The topological polar surface area (TPSA) is 68.0 Å². The highest BCUT2D eigenvalue weighted by molar-refractivity contribution is 7.99. The van der Waals surface area contributed by atoms with E-state index < -0.39 is 0 Å². The van der Waals surface area contributed by atoms with Gasteiger partial charge in [-0.1, -0.05) is 6.92 Å². The molecule has 2 rings (SSSR count). The standard InChI is InChI=1S/C14H21N3OS/c1-3-19-12-5-4-11(8-12)17-14(18)10-6-9(2)16-13(15)7-10/h6-7,11-12H,3-5,8H2,1-2H3,(H2,15,16)(H,17,18). The van der Waals surface area contributed by atoms with Crippen LogP contribution in [0.3, 0.4) is 0 Å². The maximum absolute atomic E-state index is 12.2. The summed E-state index contributed by atoms with van der Waals surface area (Å²) in [5, 5.41) is 3.80. The average Bonchev–Trinajstić information content (AvgIpc) is 2.76. The van der Waals surface area contributed by atoms with E-state index in [0.29, 0.717) is 22.7 Å². The Kier molecular flexibility index (Phi) is 4.69. The van der Waals surface area contributed by atoms with E-state index in [1.165, 1.54) is 6.42 Å². The summed E-state index contributed by atoms with van der Waals surface area (Å²) in [6, 6.07) is 3.71. The van der Waals surface area contributed by atoms with Gasteiger partial charge in [-0.05, 0) is 44.1 Å². The highest BCUT2D eigenvalue weighted by Crippen LogP contribution is 2.29. The second-order valence-electron chi connectivity index (χ2n) is 4.98. The van der Waals surface area contributed by atoms with Crippen molar-refractivity contribution in [2.45, 2.75) is 44.4 Å². The van der Waals surface area contributed by atoms with Gasteiger partial charge >= 0.3 is 0 Å². The Balaban J connectivity index is 1.94. The van der Waals surface area contributed by atoms with E-state index in [0.717, 1.165) is 24.3 Å². The molecule has 2 unspecified atom stereocenters. The first kappa shape index (κ1) is 14.2. The molecular weight excluding hydrogens is 258 g/mol. The van der Waals surface area contributed by atoms with Crippen LogP contribution in [0, 0.1) is 6.92 Å². The van der Waals surface area contributed by atoms with Crippen molar-refractivity contribution in [3.8, 4) is 0 Å². The summed E-state index contributed by atoms with van der Waals surface area (Å²) in [5.74, 6) is 1.51. The molecule has 1 heterocycles. The summed E-state index contributed by atoms with van der Waals surface area (Å²) in [6.45, 7) is 4.02. The van der Waals surface area contributed by atoms with Crippen molar-refractivity contribution in [2.75, 3.05) is 11.5 Å². The molecule has 0 spiro atoms. The van der Waals surface area contributed by atoms with Crippen LogP contribution in [0.4, 0.5) is 5.82 Å². The lowest BCUT2D eigenvalue weighted by Gasteiger charge is -2.13. The molecule has 1 fully saturated rings. The first-order chi connectivity index (χ1) is 9.08. The molecule has 1 saturated carbocycles. The number of aryl methyl sites for hydroxylation is 1. The lowest BCUT2D eigenvalue weighted by molar-refractivity contribution is 0.0938. The zero-order valence-corrected chi connectivity index (χ0v) is 12.3. The number of aromatic nitrogens is 1. The number of nitrogens with one attached hydrogen (secondary N) is 1. The Bertz CT molecular complexity index is 444. The van der Waals surface area contributed by atoms with Crippen LogP contribution in [0.5, 0.6) is 0 Å². The van der Waals surface area contributed by atoms with E-state index in [1.807, 2.05) is 18.7 Å². The molecule has 5 heteroatoms. The van der Waals surface area contributed by atoms with Crippen molar-refractivity contribution in [1.82, 2.24) is 10.3 Å². The Labute approximate surface area is 118 Å². The monoisotopic (exact) mass is 279 g/mol. The molecule has 1 aliphatic rings. The summed E-state index contributed by atoms with van der Waals surface area (Å²) in [4.78, 5) is 16.2. The van der Waals surface area contributed by atoms with Crippen LogP contribution >= 0.6 is 11.8 Å². The minimum absolute atomic E-state index is 0.0376. The Morgan fingerprint density at radius 1 is 1.53 bits per heavy atom. The summed E-state index contributed by atoms with van der Waals surface area (Å²) in [6.07, 6.45) is 3.34. The molecule has 0 radical (unpaired) electrons. The van der Waals surface area contributed by atoms with Crippen LogP contribution in [-0.4, -0.2) is 27.9 Å². The molecule has 19 heavy (non-hydrogen) atoms. The maximum Gasteiger partial charge on any atom is 0.251 e. The van der Waals surface area contributed by atoms with E-state index in [1.54, 1.807) is 12.1 Å². The Hall–Kier alpha value is -1.23. The fourth-order valence-corrected chi connectivity index (χ4v) is 3.69. The van der Waals surface area contributed by atoms with E-state index in [4.69, 9.17) is 5.73 Å². The van der Waals surface area contributed by atoms with Gasteiger partial charge in [0.05, 0.1) is 0 Å². The summed E-state index contributed by atoms with van der Waals surface area (Å²) >= 11 is 1.99. The van der Waals surface area contributed by atoms with Crippen LogP contribution in [0.25, 0.3) is 0 Å². The number of nitrogens with zero attached hydrogens (tertiary/aromatic N) is 1. The molecule has 1 amide bonds. The van der Waals surface area contributed by atoms with Gasteiger partial charge in [0.2, 0.25) is 0 Å². The molecular formula is C14H21N3OS. The predicted octanol–water partition coefficient (Wildman–Crippen LogP) is 2.38. The molecule has 4 nitrogen and oxygen atoms in total. The third-order valence-electron chi connectivity index (χ3n) is 3.36. The Morgan fingerprint density at radius 3 is 3.00 bits per heavy atom. The van der Waals surface area contributed by atoms with Crippen molar-refractivity contribution in [1.29, 1.82) is 0 Å². The molecule has 3 N–H and O–H groups in total. The third-order valence-corrected chi connectivity index (χ3v) is 4.59. The first-order valence-electron chi connectivity index (χ1n) is 6.75. The number of carbonyl (C=O) groups excluding carboxylic acids is 1. The lowest BCUT2D eigenvalue weighted by Crippen LogP contribution is -2.33. The van der Waals surface area contributed by atoms with Crippen LogP contribution in [-0.2, 0) is 0 Å².